The molecule has 1 amide bonds. The normalized spacial score (nSPS) is 19.6. The van der Waals surface area contributed by atoms with Crippen LogP contribution >= 0.6 is 11.6 Å². The van der Waals surface area contributed by atoms with E-state index in [4.69, 9.17) is 16.3 Å². The van der Waals surface area contributed by atoms with E-state index in [-0.39, 0.29) is 24.4 Å². The summed E-state index contributed by atoms with van der Waals surface area (Å²) in [5, 5.41) is 15.0. The lowest BCUT2D eigenvalue weighted by atomic mass is 9.87. The van der Waals surface area contributed by atoms with Crippen LogP contribution in [0.25, 0.3) is 10.9 Å². The van der Waals surface area contributed by atoms with Crippen molar-refractivity contribution in [2.45, 2.75) is 58.1 Å². The second-order valence-electron chi connectivity index (χ2n) is 7.80. The molecule has 1 unspecified atom stereocenters. The van der Waals surface area contributed by atoms with Crippen LogP contribution in [-0.2, 0) is 4.74 Å². The first-order chi connectivity index (χ1) is 13.5. The molecule has 0 bridgehead atoms. The van der Waals surface area contributed by atoms with Crippen molar-refractivity contribution < 1.29 is 14.6 Å². The molecule has 6 heteroatoms. The van der Waals surface area contributed by atoms with Gasteiger partial charge in [0.05, 0.1) is 41.0 Å². The summed E-state index contributed by atoms with van der Waals surface area (Å²) >= 11 is 6.41. The molecule has 154 valence electrons. The standard InChI is InChI=1S/C20H25ClN2O3.C2H6/c1-20(25,13-5-2-3-6-13)12-22-19(24)15-9-23(14-10-26-11-14)17-8-4-7-16(21)18(15)17;1-2/h4,7-9,13-14,25H,2-3,5-6,10-12H2,1H3,(H,22,24);1-2H3. The molecule has 2 N–H and O–H groups in total. The van der Waals surface area contributed by atoms with Crippen molar-refractivity contribution in [2.24, 2.45) is 5.92 Å². The van der Waals surface area contributed by atoms with Crippen molar-refractivity contribution in [3.8, 4) is 0 Å². The quantitative estimate of drug-likeness (QED) is 0.764. The molecule has 1 aliphatic carbocycles. The summed E-state index contributed by atoms with van der Waals surface area (Å²) in [5.41, 5.74) is 0.620. The van der Waals surface area contributed by atoms with Crippen molar-refractivity contribution in [3.05, 3.63) is 35.0 Å². The summed E-state index contributed by atoms with van der Waals surface area (Å²) < 4.78 is 7.38. The molecule has 0 spiro atoms. The highest BCUT2D eigenvalue weighted by Gasteiger charge is 2.34. The molecule has 1 atom stereocenters. The Kier molecular flexibility index (Phi) is 6.69. The SMILES string of the molecule is CC.CC(O)(CNC(=O)c1cn(C2COC2)c2cccc(Cl)c12)C1CCCC1. The van der Waals surface area contributed by atoms with Gasteiger partial charge in [0.1, 0.15) is 0 Å². The molecule has 0 radical (unpaired) electrons. The third kappa shape index (κ3) is 4.07. The fourth-order valence-electron chi connectivity index (χ4n) is 4.17. The zero-order valence-electron chi connectivity index (χ0n) is 17.0. The van der Waals surface area contributed by atoms with Crippen LogP contribution in [0, 0.1) is 5.92 Å². The molecule has 28 heavy (non-hydrogen) atoms. The van der Waals surface area contributed by atoms with Gasteiger partial charge in [0, 0.05) is 18.1 Å². The Morgan fingerprint density at radius 2 is 2.00 bits per heavy atom. The first kappa shape index (κ1) is 21.2. The minimum Gasteiger partial charge on any atom is -0.388 e. The number of amides is 1. The van der Waals surface area contributed by atoms with Gasteiger partial charge in [-0.1, -0.05) is 44.4 Å². The van der Waals surface area contributed by atoms with E-state index in [1.807, 2.05) is 39.1 Å². The van der Waals surface area contributed by atoms with Crippen molar-refractivity contribution in [2.75, 3.05) is 19.8 Å². The molecule has 2 heterocycles. The number of carbonyl (C=O) groups excluding carboxylic acids is 1. The maximum absolute atomic E-state index is 12.9. The van der Waals surface area contributed by atoms with Crippen LogP contribution in [0.15, 0.2) is 24.4 Å². The number of aromatic nitrogens is 1. The maximum atomic E-state index is 12.9. The van der Waals surface area contributed by atoms with Crippen LogP contribution in [0.1, 0.15) is 62.9 Å². The van der Waals surface area contributed by atoms with Crippen LogP contribution in [0.2, 0.25) is 5.02 Å². The number of hydrogen-bond acceptors (Lipinski definition) is 3. The van der Waals surface area contributed by atoms with E-state index in [1.54, 1.807) is 6.07 Å². The van der Waals surface area contributed by atoms with Gasteiger partial charge in [-0.15, -0.1) is 0 Å². The fourth-order valence-corrected chi connectivity index (χ4v) is 4.44. The molecule has 1 aliphatic heterocycles. The number of rotatable bonds is 5. The van der Waals surface area contributed by atoms with Crippen LogP contribution in [0.5, 0.6) is 0 Å². The third-order valence-electron chi connectivity index (χ3n) is 5.91. The van der Waals surface area contributed by atoms with Crippen molar-refractivity contribution in [3.63, 3.8) is 0 Å². The number of hydrogen-bond donors (Lipinski definition) is 2. The summed E-state index contributed by atoms with van der Waals surface area (Å²) in [5.74, 6) is 0.0558. The third-order valence-corrected chi connectivity index (χ3v) is 6.22. The van der Waals surface area contributed by atoms with Gasteiger partial charge in [-0.05, 0) is 37.8 Å². The predicted octanol–water partition coefficient (Wildman–Crippen LogP) is 4.56. The zero-order valence-corrected chi connectivity index (χ0v) is 17.8. The van der Waals surface area contributed by atoms with Gasteiger partial charge < -0.3 is 19.7 Å². The largest absolute Gasteiger partial charge is 0.388 e. The molecule has 1 saturated heterocycles. The number of benzene rings is 1. The molecule has 1 saturated carbocycles. The maximum Gasteiger partial charge on any atom is 0.253 e. The molecular weight excluding hydrogens is 376 g/mol. The minimum absolute atomic E-state index is 0.194. The molecule has 1 aromatic carbocycles. The van der Waals surface area contributed by atoms with Gasteiger partial charge >= 0.3 is 0 Å². The number of nitrogens with one attached hydrogen (secondary N) is 1. The second kappa shape index (κ2) is 8.85. The lowest BCUT2D eigenvalue weighted by molar-refractivity contribution is -0.0214. The number of ether oxygens (including phenoxy) is 1. The molecule has 2 fully saturated rings. The Morgan fingerprint density at radius 1 is 1.32 bits per heavy atom. The molecule has 1 aromatic heterocycles. The van der Waals surface area contributed by atoms with Gasteiger partial charge in [-0.3, -0.25) is 4.79 Å². The van der Waals surface area contributed by atoms with E-state index in [0.717, 1.165) is 36.6 Å². The zero-order chi connectivity index (χ0) is 20.3. The van der Waals surface area contributed by atoms with E-state index in [0.29, 0.717) is 23.8 Å². The second-order valence-corrected chi connectivity index (χ2v) is 8.20. The molecular formula is C22H31ClN2O3. The summed E-state index contributed by atoms with van der Waals surface area (Å²) in [6, 6.07) is 5.91. The van der Waals surface area contributed by atoms with Crippen molar-refractivity contribution >= 4 is 28.4 Å². The van der Waals surface area contributed by atoms with Gasteiger partial charge in [-0.25, -0.2) is 0 Å². The number of carbonyl (C=O) groups is 1. The van der Waals surface area contributed by atoms with Gasteiger partial charge in [0.15, 0.2) is 0 Å². The topological polar surface area (TPSA) is 63.5 Å². The van der Waals surface area contributed by atoms with E-state index in [2.05, 4.69) is 9.88 Å². The number of fused-ring (bicyclic) bond motifs is 1. The van der Waals surface area contributed by atoms with Crippen LogP contribution < -0.4 is 5.32 Å². The monoisotopic (exact) mass is 406 g/mol. The smallest absolute Gasteiger partial charge is 0.253 e. The van der Waals surface area contributed by atoms with Gasteiger partial charge in [-0.2, -0.15) is 0 Å². The average molecular weight is 407 g/mol. The Morgan fingerprint density at radius 3 is 2.61 bits per heavy atom. The molecule has 2 aliphatic rings. The lowest BCUT2D eigenvalue weighted by Gasteiger charge is -2.30. The Labute approximate surface area is 172 Å². The summed E-state index contributed by atoms with van der Waals surface area (Å²) in [6.07, 6.45) is 6.22. The van der Waals surface area contributed by atoms with E-state index in [1.165, 1.54) is 0 Å². The predicted molar refractivity (Wildman–Crippen MR) is 113 cm³/mol. The van der Waals surface area contributed by atoms with E-state index in [9.17, 15) is 9.90 Å². The minimum atomic E-state index is -0.879. The van der Waals surface area contributed by atoms with Gasteiger partial charge in [0.25, 0.3) is 5.91 Å². The van der Waals surface area contributed by atoms with Crippen LogP contribution in [-0.4, -0.2) is 40.9 Å². The lowest BCUT2D eigenvalue weighted by Crippen LogP contribution is -2.45. The first-order valence-electron chi connectivity index (χ1n) is 10.3. The van der Waals surface area contributed by atoms with Gasteiger partial charge in [0.2, 0.25) is 0 Å². The highest BCUT2D eigenvalue weighted by Crippen LogP contribution is 2.35. The van der Waals surface area contributed by atoms with Crippen molar-refractivity contribution in [1.29, 1.82) is 0 Å². The Balaban J connectivity index is 0.00000109. The highest BCUT2D eigenvalue weighted by molar-refractivity contribution is 6.36. The number of halogens is 1. The Bertz CT molecular complexity index is 821. The van der Waals surface area contributed by atoms with E-state index >= 15 is 0 Å². The molecule has 4 rings (SSSR count). The fraction of sp³-hybridized carbons (Fsp3) is 0.591. The molecule has 5 nitrogen and oxygen atoms in total. The van der Waals surface area contributed by atoms with E-state index < -0.39 is 5.60 Å². The van der Waals surface area contributed by atoms with Crippen LogP contribution in [0.4, 0.5) is 0 Å². The number of nitrogens with zero attached hydrogens (tertiary/aromatic N) is 1. The highest BCUT2D eigenvalue weighted by atomic mass is 35.5. The Hall–Kier alpha value is -1.56. The van der Waals surface area contributed by atoms with Crippen LogP contribution in [0.3, 0.4) is 0 Å². The number of aliphatic hydroxyl groups is 1. The summed E-state index contributed by atoms with van der Waals surface area (Å²) in [4.78, 5) is 12.9. The first-order valence-corrected chi connectivity index (χ1v) is 10.7. The average Bonchev–Trinajstić information content (AvgIpc) is 3.30. The summed E-state index contributed by atoms with van der Waals surface area (Å²) in [7, 11) is 0. The van der Waals surface area contributed by atoms with Crippen molar-refractivity contribution in [1.82, 2.24) is 9.88 Å². The molecule has 2 aromatic rings. The summed E-state index contributed by atoms with van der Waals surface area (Å²) in [6.45, 7) is 7.37.